The van der Waals surface area contributed by atoms with Crippen molar-refractivity contribution in [3.63, 3.8) is 0 Å². The summed E-state index contributed by atoms with van der Waals surface area (Å²) in [6, 6.07) is 12.9. The van der Waals surface area contributed by atoms with Crippen LogP contribution in [0.25, 0.3) is 0 Å². The number of hydrogen-bond acceptors (Lipinski definition) is 3. The molecule has 2 aromatic carbocycles. The van der Waals surface area contributed by atoms with E-state index in [1.54, 1.807) is 12.1 Å². The molecule has 0 unspecified atom stereocenters. The van der Waals surface area contributed by atoms with Gasteiger partial charge < -0.3 is 9.84 Å². The van der Waals surface area contributed by atoms with Gasteiger partial charge in [-0.25, -0.2) is 0 Å². The summed E-state index contributed by atoms with van der Waals surface area (Å²) in [5.74, 6) is 0.543. The Hall–Kier alpha value is -1.65. The minimum atomic E-state index is -0.0249. The number of ketones is 1. The van der Waals surface area contributed by atoms with Crippen molar-refractivity contribution in [3.05, 3.63) is 63.6 Å². The molecule has 0 aliphatic carbocycles. The van der Waals surface area contributed by atoms with E-state index in [0.717, 1.165) is 15.6 Å². The number of aliphatic hydroxyl groups excluding tert-OH is 1. The van der Waals surface area contributed by atoms with E-state index in [4.69, 9.17) is 9.84 Å². The van der Waals surface area contributed by atoms with Gasteiger partial charge in [-0.15, -0.1) is 0 Å². The molecule has 0 aliphatic rings. The number of benzene rings is 2. The van der Waals surface area contributed by atoms with Crippen molar-refractivity contribution in [1.82, 2.24) is 0 Å². The highest BCUT2D eigenvalue weighted by Crippen LogP contribution is 2.25. The Kier molecular flexibility index (Phi) is 4.93. The van der Waals surface area contributed by atoms with Gasteiger partial charge in [0, 0.05) is 4.47 Å². The van der Waals surface area contributed by atoms with Gasteiger partial charge in [0.2, 0.25) is 0 Å². The maximum Gasteiger partial charge on any atom is 0.163 e. The van der Waals surface area contributed by atoms with Gasteiger partial charge in [0.05, 0.1) is 12.2 Å². The van der Waals surface area contributed by atoms with Crippen LogP contribution in [0.15, 0.2) is 46.9 Å². The van der Waals surface area contributed by atoms with Crippen molar-refractivity contribution in [2.45, 2.75) is 20.1 Å². The van der Waals surface area contributed by atoms with E-state index in [-0.39, 0.29) is 12.4 Å². The molecule has 3 nitrogen and oxygen atoms in total. The standard InChI is InChI=1S/C16H15BrO3/c1-11(19)15-7-6-14(17)8-16(15)20-10-13-4-2-12(9-18)3-5-13/h2-8,18H,9-10H2,1H3. The molecular weight excluding hydrogens is 320 g/mol. The summed E-state index contributed by atoms with van der Waals surface area (Å²) in [6.45, 7) is 1.93. The molecule has 0 heterocycles. The van der Waals surface area contributed by atoms with E-state index in [2.05, 4.69) is 15.9 Å². The smallest absolute Gasteiger partial charge is 0.163 e. The topological polar surface area (TPSA) is 46.5 Å². The summed E-state index contributed by atoms with van der Waals surface area (Å²) in [7, 11) is 0. The minimum absolute atomic E-state index is 0.0249. The summed E-state index contributed by atoms with van der Waals surface area (Å²) < 4.78 is 6.59. The maximum absolute atomic E-state index is 11.5. The Balaban J connectivity index is 2.13. The largest absolute Gasteiger partial charge is 0.488 e. The molecule has 1 N–H and O–H groups in total. The Bertz CT molecular complexity index is 606. The number of carbonyl (C=O) groups excluding carboxylic acids is 1. The predicted octanol–water partition coefficient (Wildman–Crippen LogP) is 3.72. The van der Waals surface area contributed by atoms with E-state index in [1.165, 1.54) is 6.92 Å². The fourth-order valence-corrected chi connectivity index (χ4v) is 2.15. The van der Waals surface area contributed by atoms with Gasteiger partial charge in [-0.3, -0.25) is 4.79 Å². The second-order valence-corrected chi connectivity index (χ2v) is 5.38. The molecule has 0 atom stereocenters. The number of halogens is 1. The highest BCUT2D eigenvalue weighted by molar-refractivity contribution is 9.10. The molecule has 4 heteroatoms. The molecule has 0 saturated heterocycles. The first-order chi connectivity index (χ1) is 9.60. The van der Waals surface area contributed by atoms with E-state index in [0.29, 0.717) is 17.9 Å². The number of ether oxygens (including phenoxy) is 1. The van der Waals surface area contributed by atoms with Crippen molar-refractivity contribution >= 4 is 21.7 Å². The monoisotopic (exact) mass is 334 g/mol. The summed E-state index contributed by atoms with van der Waals surface area (Å²) in [6.07, 6.45) is 0. The summed E-state index contributed by atoms with van der Waals surface area (Å²) >= 11 is 3.37. The average Bonchev–Trinajstić information content (AvgIpc) is 2.45. The zero-order chi connectivity index (χ0) is 14.5. The van der Waals surface area contributed by atoms with Crippen molar-refractivity contribution in [2.75, 3.05) is 0 Å². The molecule has 20 heavy (non-hydrogen) atoms. The van der Waals surface area contributed by atoms with Crippen LogP contribution in [0.3, 0.4) is 0 Å². The van der Waals surface area contributed by atoms with Crippen LogP contribution in [-0.2, 0) is 13.2 Å². The van der Waals surface area contributed by atoms with Gasteiger partial charge in [0.1, 0.15) is 12.4 Å². The normalized spacial score (nSPS) is 10.3. The van der Waals surface area contributed by atoms with Gasteiger partial charge >= 0.3 is 0 Å². The quantitative estimate of drug-likeness (QED) is 0.847. The van der Waals surface area contributed by atoms with Crippen molar-refractivity contribution < 1.29 is 14.6 Å². The van der Waals surface area contributed by atoms with Gasteiger partial charge in [-0.2, -0.15) is 0 Å². The van der Waals surface area contributed by atoms with Crippen molar-refractivity contribution in [1.29, 1.82) is 0 Å². The molecule has 0 aliphatic heterocycles. The molecular formula is C16H15BrO3. The third kappa shape index (κ3) is 3.68. The molecule has 0 radical (unpaired) electrons. The maximum atomic E-state index is 11.5. The number of Topliss-reactive ketones (excluding diaryl/α,β-unsaturated/α-hetero) is 1. The van der Waals surface area contributed by atoms with Crippen LogP contribution in [0, 0.1) is 0 Å². The number of rotatable bonds is 5. The number of hydrogen-bond donors (Lipinski definition) is 1. The SMILES string of the molecule is CC(=O)c1ccc(Br)cc1OCc1ccc(CO)cc1. The predicted molar refractivity (Wildman–Crippen MR) is 80.8 cm³/mol. The molecule has 104 valence electrons. The van der Waals surface area contributed by atoms with Crippen molar-refractivity contribution in [2.24, 2.45) is 0 Å². The van der Waals surface area contributed by atoms with Crippen LogP contribution in [0.5, 0.6) is 5.75 Å². The first-order valence-corrected chi connectivity index (χ1v) is 7.01. The molecule has 0 amide bonds. The highest BCUT2D eigenvalue weighted by Gasteiger charge is 2.09. The van der Waals surface area contributed by atoms with Crippen molar-refractivity contribution in [3.8, 4) is 5.75 Å². The zero-order valence-corrected chi connectivity index (χ0v) is 12.7. The highest BCUT2D eigenvalue weighted by atomic mass is 79.9. The van der Waals surface area contributed by atoms with Crippen LogP contribution >= 0.6 is 15.9 Å². The van der Waals surface area contributed by atoms with Crippen LogP contribution < -0.4 is 4.74 Å². The van der Waals surface area contributed by atoms with E-state index in [1.807, 2.05) is 30.3 Å². The molecule has 0 aromatic heterocycles. The first-order valence-electron chi connectivity index (χ1n) is 6.22. The molecule has 2 rings (SSSR count). The van der Waals surface area contributed by atoms with Crippen LogP contribution in [0.2, 0.25) is 0 Å². The minimum Gasteiger partial charge on any atom is -0.488 e. The lowest BCUT2D eigenvalue weighted by Gasteiger charge is -2.10. The number of aliphatic hydroxyl groups is 1. The zero-order valence-electron chi connectivity index (χ0n) is 11.1. The summed E-state index contributed by atoms with van der Waals surface area (Å²) in [5.41, 5.74) is 2.41. The number of carbonyl (C=O) groups is 1. The second kappa shape index (κ2) is 6.68. The third-order valence-electron chi connectivity index (χ3n) is 2.92. The van der Waals surface area contributed by atoms with Gasteiger partial charge in [0.15, 0.2) is 5.78 Å². The van der Waals surface area contributed by atoms with Crippen LogP contribution in [0.4, 0.5) is 0 Å². The van der Waals surface area contributed by atoms with Gasteiger partial charge in [0.25, 0.3) is 0 Å². The van der Waals surface area contributed by atoms with Crippen LogP contribution in [-0.4, -0.2) is 10.9 Å². The lowest BCUT2D eigenvalue weighted by atomic mass is 10.1. The average molecular weight is 335 g/mol. The van der Waals surface area contributed by atoms with E-state index in [9.17, 15) is 4.79 Å². The molecule has 0 spiro atoms. The van der Waals surface area contributed by atoms with E-state index >= 15 is 0 Å². The lowest BCUT2D eigenvalue weighted by Crippen LogP contribution is -2.01. The van der Waals surface area contributed by atoms with Crippen LogP contribution in [0.1, 0.15) is 28.4 Å². The molecule has 2 aromatic rings. The fourth-order valence-electron chi connectivity index (χ4n) is 1.81. The Morgan fingerprint density at radius 3 is 2.40 bits per heavy atom. The van der Waals surface area contributed by atoms with E-state index < -0.39 is 0 Å². The summed E-state index contributed by atoms with van der Waals surface area (Å²) in [5, 5.41) is 8.99. The Labute approximate surface area is 126 Å². The van der Waals surface area contributed by atoms with Gasteiger partial charge in [-0.1, -0.05) is 40.2 Å². The molecule has 0 bridgehead atoms. The molecule has 0 saturated carbocycles. The van der Waals surface area contributed by atoms with Gasteiger partial charge in [-0.05, 0) is 36.2 Å². The summed E-state index contributed by atoms with van der Waals surface area (Å²) in [4.78, 5) is 11.5. The molecule has 0 fully saturated rings. The lowest BCUT2D eigenvalue weighted by molar-refractivity contribution is 0.101. The Morgan fingerprint density at radius 1 is 1.15 bits per heavy atom. The first kappa shape index (κ1) is 14.8. The fraction of sp³-hybridized carbons (Fsp3) is 0.188. The third-order valence-corrected chi connectivity index (χ3v) is 3.42. The second-order valence-electron chi connectivity index (χ2n) is 4.46. The Morgan fingerprint density at radius 2 is 1.80 bits per heavy atom.